The van der Waals surface area contributed by atoms with Gasteiger partial charge >= 0.3 is 6.03 Å². The fourth-order valence-corrected chi connectivity index (χ4v) is 4.55. The molecule has 0 aromatic heterocycles. The van der Waals surface area contributed by atoms with Crippen LogP contribution in [0.1, 0.15) is 34.3 Å². The number of imide groups is 1. The van der Waals surface area contributed by atoms with Gasteiger partial charge in [-0.15, -0.1) is 0 Å². The first-order valence-electron chi connectivity index (χ1n) is 9.83. The van der Waals surface area contributed by atoms with Crippen molar-refractivity contribution < 1.29 is 14.4 Å². The number of hydrogen-bond acceptors (Lipinski definition) is 3. The van der Waals surface area contributed by atoms with Crippen LogP contribution in [0, 0.1) is 0 Å². The normalized spacial score (nSPS) is 20.8. The Bertz CT molecular complexity index is 1170. The number of carbonyl (C=O) groups is 3. The van der Waals surface area contributed by atoms with E-state index in [0.29, 0.717) is 12.0 Å². The minimum atomic E-state index is -1.05. The summed E-state index contributed by atoms with van der Waals surface area (Å²) in [7, 11) is 0. The highest BCUT2D eigenvalue weighted by molar-refractivity contribution is 6.12. The maximum Gasteiger partial charge on any atom is 0.325 e. The van der Waals surface area contributed by atoms with Gasteiger partial charge in [0.2, 0.25) is 0 Å². The third-order valence-electron chi connectivity index (χ3n) is 6.02. The Kier molecular flexibility index (Phi) is 3.98. The summed E-state index contributed by atoms with van der Waals surface area (Å²) >= 11 is 0. The highest BCUT2D eigenvalue weighted by Crippen LogP contribution is 2.39. The van der Waals surface area contributed by atoms with Gasteiger partial charge in [0.1, 0.15) is 5.54 Å². The van der Waals surface area contributed by atoms with Crippen molar-refractivity contribution in [3.8, 4) is 0 Å². The summed E-state index contributed by atoms with van der Waals surface area (Å²) in [6.07, 6.45) is 2.25. The Hall–Kier alpha value is -3.47. The number of fused-ring (bicyclic) bond motifs is 3. The minimum Gasteiger partial charge on any atom is -0.319 e. The van der Waals surface area contributed by atoms with E-state index < -0.39 is 11.6 Å². The van der Waals surface area contributed by atoms with Gasteiger partial charge < -0.3 is 5.32 Å². The molecule has 1 atom stereocenters. The SMILES string of the molecule is O=C(CN1C(=O)N[C@]2(CCCc3ccccc32)C1=O)c1ccc2ccccc2c1. The van der Waals surface area contributed by atoms with E-state index in [1.165, 1.54) is 0 Å². The molecule has 1 saturated heterocycles. The molecule has 1 fully saturated rings. The van der Waals surface area contributed by atoms with Gasteiger partial charge in [-0.2, -0.15) is 0 Å². The van der Waals surface area contributed by atoms with E-state index in [0.717, 1.165) is 39.6 Å². The quantitative estimate of drug-likeness (QED) is 0.552. The molecule has 0 bridgehead atoms. The molecule has 3 aromatic carbocycles. The van der Waals surface area contributed by atoms with Gasteiger partial charge in [-0.1, -0.05) is 60.7 Å². The average molecular weight is 384 g/mol. The molecule has 1 N–H and O–H groups in total. The minimum absolute atomic E-state index is 0.250. The van der Waals surface area contributed by atoms with Crippen LogP contribution in [0.3, 0.4) is 0 Å². The number of urea groups is 1. The number of nitrogens with zero attached hydrogens (tertiary/aromatic N) is 1. The third kappa shape index (κ3) is 2.73. The summed E-state index contributed by atoms with van der Waals surface area (Å²) in [4.78, 5) is 40.0. The maximum atomic E-state index is 13.3. The van der Waals surface area contributed by atoms with Crippen LogP contribution in [0.15, 0.2) is 66.7 Å². The van der Waals surface area contributed by atoms with Crippen LogP contribution < -0.4 is 5.32 Å². The van der Waals surface area contributed by atoms with Crippen molar-refractivity contribution in [2.45, 2.75) is 24.8 Å². The summed E-state index contributed by atoms with van der Waals surface area (Å²) in [6.45, 7) is -0.257. The molecule has 1 heterocycles. The summed E-state index contributed by atoms with van der Waals surface area (Å²) in [5, 5.41) is 4.89. The van der Waals surface area contributed by atoms with E-state index >= 15 is 0 Å². The first-order valence-corrected chi connectivity index (χ1v) is 9.83. The van der Waals surface area contributed by atoms with E-state index in [1.807, 2.05) is 60.7 Å². The van der Waals surface area contributed by atoms with Gasteiger partial charge in [-0.05, 0) is 47.2 Å². The molecule has 0 unspecified atom stereocenters. The Morgan fingerprint density at radius 2 is 1.72 bits per heavy atom. The molecule has 3 amide bonds. The molecule has 2 aliphatic rings. The summed E-state index contributed by atoms with van der Waals surface area (Å²) in [6, 6.07) is 20.4. The number of benzene rings is 3. The number of rotatable bonds is 3. The number of aryl methyl sites for hydroxylation is 1. The largest absolute Gasteiger partial charge is 0.325 e. The van der Waals surface area contributed by atoms with Crippen LogP contribution in [-0.2, 0) is 16.8 Å². The second-order valence-electron chi connectivity index (χ2n) is 7.72. The van der Waals surface area contributed by atoms with Gasteiger partial charge in [0.05, 0.1) is 6.54 Å². The molecule has 144 valence electrons. The molecule has 1 aliphatic heterocycles. The molecular weight excluding hydrogens is 364 g/mol. The fourth-order valence-electron chi connectivity index (χ4n) is 4.55. The van der Waals surface area contributed by atoms with E-state index in [9.17, 15) is 14.4 Å². The van der Waals surface area contributed by atoms with Crippen LogP contribution in [0.5, 0.6) is 0 Å². The Morgan fingerprint density at radius 3 is 2.59 bits per heavy atom. The zero-order valence-corrected chi connectivity index (χ0v) is 15.9. The zero-order valence-electron chi connectivity index (χ0n) is 15.9. The molecule has 1 spiro atoms. The van der Waals surface area contributed by atoms with Crippen LogP contribution in [0.2, 0.25) is 0 Å². The number of Topliss-reactive ketones (excluding diaryl/α,β-unsaturated/α-hetero) is 1. The van der Waals surface area contributed by atoms with Crippen molar-refractivity contribution in [3.05, 3.63) is 83.4 Å². The zero-order chi connectivity index (χ0) is 20.0. The Balaban J connectivity index is 1.44. The van der Waals surface area contributed by atoms with Crippen molar-refractivity contribution in [1.82, 2.24) is 10.2 Å². The van der Waals surface area contributed by atoms with Crippen LogP contribution in [0.4, 0.5) is 4.79 Å². The number of carbonyl (C=O) groups excluding carboxylic acids is 3. The van der Waals surface area contributed by atoms with Crippen molar-refractivity contribution in [2.75, 3.05) is 6.54 Å². The van der Waals surface area contributed by atoms with Crippen molar-refractivity contribution in [1.29, 1.82) is 0 Å². The molecular formula is C24H20N2O3. The fraction of sp³-hybridized carbons (Fsp3) is 0.208. The number of amides is 3. The van der Waals surface area contributed by atoms with Gasteiger partial charge in [-0.3, -0.25) is 14.5 Å². The molecule has 0 radical (unpaired) electrons. The van der Waals surface area contributed by atoms with Gasteiger partial charge in [0.25, 0.3) is 5.91 Å². The van der Waals surface area contributed by atoms with Gasteiger partial charge in [-0.25, -0.2) is 4.79 Å². The lowest BCUT2D eigenvalue weighted by Gasteiger charge is -2.33. The lowest BCUT2D eigenvalue weighted by Crippen LogP contribution is -2.46. The molecule has 1 aliphatic carbocycles. The van der Waals surface area contributed by atoms with E-state index in [2.05, 4.69) is 5.32 Å². The van der Waals surface area contributed by atoms with E-state index in [-0.39, 0.29) is 18.2 Å². The highest BCUT2D eigenvalue weighted by atomic mass is 16.2. The summed E-state index contributed by atoms with van der Waals surface area (Å²) in [5.74, 6) is -0.579. The number of ketones is 1. The van der Waals surface area contributed by atoms with Crippen molar-refractivity contribution in [2.24, 2.45) is 0 Å². The van der Waals surface area contributed by atoms with Crippen molar-refractivity contribution >= 4 is 28.5 Å². The van der Waals surface area contributed by atoms with Crippen LogP contribution in [-0.4, -0.2) is 29.2 Å². The monoisotopic (exact) mass is 384 g/mol. The molecule has 0 saturated carbocycles. The second kappa shape index (κ2) is 6.55. The summed E-state index contributed by atoms with van der Waals surface area (Å²) < 4.78 is 0. The molecule has 3 aromatic rings. The van der Waals surface area contributed by atoms with Crippen molar-refractivity contribution in [3.63, 3.8) is 0 Å². The molecule has 5 heteroatoms. The second-order valence-corrected chi connectivity index (χ2v) is 7.72. The lowest BCUT2D eigenvalue weighted by atomic mass is 9.76. The number of hydrogen-bond donors (Lipinski definition) is 1. The maximum absolute atomic E-state index is 13.3. The third-order valence-corrected chi connectivity index (χ3v) is 6.02. The predicted molar refractivity (Wildman–Crippen MR) is 110 cm³/mol. The van der Waals surface area contributed by atoms with Crippen LogP contribution >= 0.6 is 0 Å². The van der Waals surface area contributed by atoms with E-state index in [4.69, 9.17) is 0 Å². The topological polar surface area (TPSA) is 66.5 Å². The van der Waals surface area contributed by atoms with Crippen LogP contribution in [0.25, 0.3) is 10.8 Å². The molecule has 5 rings (SSSR count). The number of nitrogens with one attached hydrogen (secondary N) is 1. The first kappa shape index (κ1) is 17.6. The molecule has 29 heavy (non-hydrogen) atoms. The smallest absolute Gasteiger partial charge is 0.319 e. The first-order chi connectivity index (χ1) is 14.1. The Morgan fingerprint density at radius 1 is 0.966 bits per heavy atom. The van der Waals surface area contributed by atoms with Gasteiger partial charge in [0, 0.05) is 5.56 Å². The summed E-state index contributed by atoms with van der Waals surface area (Å²) in [5.41, 5.74) is 1.38. The van der Waals surface area contributed by atoms with Gasteiger partial charge in [0.15, 0.2) is 5.78 Å². The lowest BCUT2D eigenvalue weighted by molar-refractivity contribution is -0.131. The molecule has 5 nitrogen and oxygen atoms in total. The standard InChI is InChI=1S/C24H20N2O3/c27-21(19-12-11-16-6-1-2-8-18(16)14-19)15-26-22(28)24(25-23(26)29)13-5-9-17-7-3-4-10-20(17)24/h1-4,6-8,10-12,14H,5,9,13,15H2,(H,25,29)/t24-/m0/s1. The van der Waals surface area contributed by atoms with E-state index in [1.54, 1.807) is 6.07 Å². The Labute approximate surface area is 168 Å². The predicted octanol–water partition coefficient (Wildman–Crippen LogP) is 3.81. The highest BCUT2D eigenvalue weighted by Gasteiger charge is 2.54. The average Bonchev–Trinajstić information content (AvgIpc) is 2.98.